The van der Waals surface area contributed by atoms with Crippen molar-refractivity contribution in [1.29, 1.82) is 0 Å². The number of hydrogen-bond acceptors (Lipinski definition) is 4. The first-order valence-electron chi connectivity index (χ1n) is 9.49. The van der Waals surface area contributed by atoms with Crippen LogP contribution in [0.25, 0.3) is 5.69 Å². The number of halogens is 1. The van der Waals surface area contributed by atoms with E-state index in [1.807, 2.05) is 12.1 Å². The highest BCUT2D eigenvalue weighted by Gasteiger charge is 2.26. The van der Waals surface area contributed by atoms with Crippen LogP contribution in [-0.4, -0.2) is 33.7 Å². The molecular weight excluding hydrogens is 359 g/mol. The van der Waals surface area contributed by atoms with Gasteiger partial charge in [0.05, 0.1) is 30.6 Å². The van der Waals surface area contributed by atoms with E-state index in [4.69, 9.17) is 4.42 Å². The second kappa shape index (κ2) is 8.39. The van der Waals surface area contributed by atoms with Crippen LogP contribution < -0.4 is 5.32 Å². The van der Waals surface area contributed by atoms with Crippen molar-refractivity contribution in [1.82, 2.24) is 20.0 Å². The van der Waals surface area contributed by atoms with Crippen molar-refractivity contribution < 1.29 is 13.6 Å². The molecule has 0 aliphatic carbocycles. The molecule has 1 aliphatic rings. The molecule has 1 saturated heterocycles. The molecule has 28 heavy (non-hydrogen) atoms. The summed E-state index contributed by atoms with van der Waals surface area (Å²) in [5.41, 5.74) is 1.53. The molecule has 4 rings (SSSR count). The van der Waals surface area contributed by atoms with Gasteiger partial charge in [-0.05, 0) is 49.7 Å². The lowest BCUT2D eigenvalue weighted by molar-refractivity contribution is -0.127. The highest BCUT2D eigenvalue weighted by Crippen LogP contribution is 2.19. The van der Waals surface area contributed by atoms with Gasteiger partial charge in [0, 0.05) is 24.8 Å². The van der Waals surface area contributed by atoms with E-state index in [0.717, 1.165) is 43.8 Å². The first-order chi connectivity index (χ1) is 13.7. The third kappa shape index (κ3) is 4.48. The van der Waals surface area contributed by atoms with Gasteiger partial charge in [0.25, 0.3) is 0 Å². The van der Waals surface area contributed by atoms with E-state index in [-0.39, 0.29) is 17.6 Å². The van der Waals surface area contributed by atoms with Crippen molar-refractivity contribution in [3.05, 3.63) is 72.2 Å². The number of rotatable bonds is 6. The number of piperidine rings is 1. The number of nitrogens with one attached hydrogen (secondary N) is 1. The van der Waals surface area contributed by atoms with Crippen molar-refractivity contribution >= 4 is 5.91 Å². The summed E-state index contributed by atoms with van der Waals surface area (Å²) in [7, 11) is 0. The highest BCUT2D eigenvalue weighted by molar-refractivity contribution is 5.78. The molecule has 1 aliphatic heterocycles. The molecule has 0 bridgehead atoms. The largest absolute Gasteiger partial charge is 0.468 e. The molecule has 1 atom stereocenters. The zero-order valence-corrected chi connectivity index (χ0v) is 15.6. The Bertz CT molecular complexity index is 922. The Balaban J connectivity index is 1.30. The number of aromatic nitrogens is 2. The smallest absolute Gasteiger partial charge is 0.224 e. The van der Waals surface area contributed by atoms with Crippen LogP contribution in [-0.2, 0) is 17.9 Å². The first kappa shape index (κ1) is 18.4. The molecule has 0 saturated carbocycles. The van der Waals surface area contributed by atoms with Gasteiger partial charge in [0.15, 0.2) is 0 Å². The van der Waals surface area contributed by atoms with E-state index in [2.05, 4.69) is 15.3 Å². The Morgan fingerprint density at radius 2 is 2.25 bits per heavy atom. The molecular formula is C21H23FN4O2. The Labute approximate surface area is 162 Å². The summed E-state index contributed by atoms with van der Waals surface area (Å²) in [5.74, 6) is 0.648. The fourth-order valence-corrected chi connectivity index (χ4v) is 3.58. The lowest BCUT2D eigenvalue weighted by atomic mass is 9.97. The lowest BCUT2D eigenvalue weighted by Gasteiger charge is -2.31. The van der Waals surface area contributed by atoms with Gasteiger partial charge in [0.1, 0.15) is 11.6 Å². The topological polar surface area (TPSA) is 63.3 Å². The summed E-state index contributed by atoms with van der Waals surface area (Å²) < 4.78 is 20.4. The van der Waals surface area contributed by atoms with Gasteiger partial charge in [0.2, 0.25) is 5.91 Å². The molecule has 1 amide bonds. The number of carbonyl (C=O) groups excluding carboxylic acids is 1. The number of carbonyl (C=O) groups is 1. The molecule has 0 radical (unpaired) electrons. The third-order valence-corrected chi connectivity index (χ3v) is 5.01. The summed E-state index contributed by atoms with van der Waals surface area (Å²) in [6.07, 6.45) is 7.06. The van der Waals surface area contributed by atoms with E-state index in [0.29, 0.717) is 12.2 Å². The molecule has 3 heterocycles. The fraction of sp³-hybridized carbons (Fsp3) is 0.333. The molecule has 7 heteroatoms. The Morgan fingerprint density at radius 3 is 3.07 bits per heavy atom. The van der Waals surface area contributed by atoms with Crippen LogP contribution in [0.15, 0.2) is 59.5 Å². The van der Waals surface area contributed by atoms with E-state index >= 15 is 0 Å². The van der Waals surface area contributed by atoms with Gasteiger partial charge < -0.3 is 9.73 Å². The quantitative estimate of drug-likeness (QED) is 0.711. The van der Waals surface area contributed by atoms with Crippen LogP contribution in [0, 0.1) is 11.7 Å². The van der Waals surface area contributed by atoms with Crippen LogP contribution in [0.3, 0.4) is 0 Å². The number of benzene rings is 1. The molecule has 0 spiro atoms. The lowest BCUT2D eigenvalue weighted by Crippen LogP contribution is -2.42. The maximum absolute atomic E-state index is 13.4. The first-order valence-corrected chi connectivity index (χ1v) is 9.49. The van der Waals surface area contributed by atoms with Crippen molar-refractivity contribution in [3.8, 4) is 5.69 Å². The predicted molar refractivity (Wildman–Crippen MR) is 102 cm³/mol. The van der Waals surface area contributed by atoms with Gasteiger partial charge in [-0.15, -0.1) is 0 Å². The van der Waals surface area contributed by atoms with E-state index in [1.54, 1.807) is 35.5 Å². The number of likely N-dealkylation sites (tertiary alicyclic amines) is 1. The molecule has 1 fully saturated rings. The summed E-state index contributed by atoms with van der Waals surface area (Å²) >= 11 is 0. The monoisotopic (exact) mass is 382 g/mol. The summed E-state index contributed by atoms with van der Waals surface area (Å²) in [4.78, 5) is 14.9. The van der Waals surface area contributed by atoms with Gasteiger partial charge in [-0.1, -0.05) is 6.07 Å². The third-order valence-electron chi connectivity index (χ3n) is 5.01. The molecule has 6 nitrogen and oxygen atoms in total. The van der Waals surface area contributed by atoms with Crippen LogP contribution in [0.2, 0.25) is 0 Å². The Kier molecular flexibility index (Phi) is 5.53. The van der Waals surface area contributed by atoms with Gasteiger partial charge in [-0.25, -0.2) is 9.07 Å². The highest BCUT2D eigenvalue weighted by atomic mass is 19.1. The molecule has 146 valence electrons. The molecule has 1 aromatic carbocycles. The second-order valence-electron chi connectivity index (χ2n) is 7.14. The fourth-order valence-electron chi connectivity index (χ4n) is 3.58. The van der Waals surface area contributed by atoms with Crippen molar-refractivity contribution in [2.24, 2.45) is 5.92 Å². The number of hydrogen-bond donors (Lipinski definition) is 1. The Morgan fingerprint density at radius 1 is 1.32 bits per heavy atom. The molecule has 2 aromatic heterocycles. The Hall–Kier alpha value is -2.93. The minimum Gasteiger partial charge on any atom is -0.468 e. The van der Waals surface area contributed by atoms with E-state index in [1.165, 1.54) is 12.1 Å². The van der Waals surface area contributed by atoms with Crippen molar-refractivity contribution in [2.75, 3.05) is 13.1 Å². The van der Waals surface area contributed by atoms with Crippen molar-refractivity contribution in [3.63, 3.8) is 0 Å². The van der Waals surface area contributed by atoms with Gasteiger partial charge in [-0.2, -0.15) is 5.10 Å². The molecule has 0 unspecified atom stereocenters. The van der Waals surface area contributed by atoms with Crippen LogP contribution in [0.5, 0.6) is 0 Å². The maximum atomic E-state index is 13.4. The zero-order valence-electron chi connectivity index (χ0n) is 15.6. The standard InChI is InChI=1S/C21H23FN4O2/c22-18-5-1-6-19(10-18)26-13-16(12-24-26)11-23-21(27)17-4-2-8-25(14-17)15-20-7-3-9-28-20/h1,3,5-7,9-10,12-13,17H,2,4,8,11,14-15H2,(H,23,27)/t17-/m0/s1. The maximum Gasteiger partial charge on any atom is 0.224 e. The van der Waals surface area contributed by atoms with Crippen LogP contribution >= 0.6 is 0 Å². The number of nitrogens with zero attached hydrogens (tertiary/aromatic N) is 3. The average molecular weight is 382 g/mol. The average Bonchev–Trinajstić information content (AvgIpc) is 3.38. The summed E-state index contributed by atoms with van der Waals surface area (Å²) in [6, 6.07) is 10.1. The van der Waals surface area contributed by atoms with E-state index < -0.39 is 0 Å². The number of amides is 1. The second-order valence-corrected chi connectivity index (χ2v) is 7.14. The molecule has 1 N–H and O–H groups in total. The molecule has 3 aromatic rings. The summed E-state index contributed by atoms with van der Waals surface area (Å²) in [6.45, 7) is 2.85. The minimum atomic E-state index is -0.306. The van der Waals surface area contributed by atoms with Crippen LogP contribution in [0.4, 0.5) is 4.39 Å². The number of furan rings is 1. The van der Waals surface area contributed by atoms with Crippen LogP contribution in [0.1, 0.15) is 24.2 Å². The van der Waals surface area contributed by atoms with Crippen molar-refractivity contribution in [2.45, 2.75) is 25.9 Å². The summed E-state index contributed by atoms with van der Waals surface area (Å²) in [5, 5.41) is 7.26. The minimum absolute atomic E-state index is 0.0259. The van der Waals surface area contributed by atoms with E-state index in [9.17, 15) is 9.18 Å². The predicted octanol–water partition coefficient (Wildman–Crippen LogP) is 3.13. The van der Waals surface area contributed by atoms with Gasteiger partial charge in [-0.3, -0.25) is 9.69 Å². The zero-order chi connectivity index (χ0) is 19.3. The van der Waals surface area contributed by atoms with Gasteiger partial charge >= 0.3 is 0 Å². The SMILES string of the molecule is O=C(NCc1cnn(-c2cccc(F)c2)c1)[C@H]1CCCN(Cc2ccco2)C1. The normalized spacial score (nSPS) is 17.5.